The average molecular weight is 833 g/mol. The standard InChI is InChI=1S/C54H88O6/c1-4-7-10-13-16-19-22-25-26-27-30-32-35-38-41-44-47-53(56)59-50-51(60-54(57)48-45-42-39-36-33-29-24-21-18-15-12-9-6-3)49-58-52(55)46-43-40-37-34-31-28-23-20-17-14-11-8-5-2/h7,9-10,12,15-16,18-19,21,24-26,28-29,31,33,51H,4-6,8,11,13-14,17,20,22-23,27,30,32,34-50H2,1-3H3/b10-7-,12-9-,18-15-,19-16-,24-21-,26-25-,31-28-,33-29-. The number of carbonyl (C=O) groups is 3. The summed E-state index contributed by atoms with van der Waals surface area (Å²) in [4.78, 5) is 37.9. The molecule has 0 spiro atoms. The molecule has 0 aromatic carbocycles. The zero-order chi connectivity index (χ0) is 43.7. The molecule has 0 heterocycles. The van der Waals surface area contributed by atoms with Gasteiger partial charge in [0.25, 0.3) is 0 Å². The van der Waals surface area contributed by atoms with E-state index in [9.17, 15) is 14.4 Å². The smallest absolute Gasteiger partial charge is 0.306 e. The number of hydrogen-bond donors (Lipinski definition) is 0. The number of esters is 3. The van der Waals surface area contributed by atoms with Gasteiger partial charge in [-0.15, -0.1) is 0 Å². The van der Waals surface area contributed by atoms with Crippen molar-refractivity contribution in [2.24, 2.45) is 0 Å². The third kappa shape index (κ3) is 45.4. The lowest BCUT2D eigenvalue weighted by Crippen LogP contribution is -2.30. The molecule has 1 atom stereocenters. The van der Waals surface area contributed by atoms with Crippen LogP contribution in [0.3, 0.4) is 0 Å². The zero-order valence-corrected chi connectivity index (χ0v) is 38.7. The lowest BCUT2D eigenvalue weighted by Gasteiger charge is -2.18. The van der Waals surface area contributed by atoms with Crippen LogP contribution in [0.4, 0.5) is 0 Å². The van der Waals surface area contributed by atoms with E-state index in [0.29, 0.717) is 19.3 Å². The van der Waals surface area contributed by atoms with Gasteiger partial charge in [-0.1, -0.05) is 189 Å². The Hall–Kier alpha value is -3.67. The highest BCUT2D eigenvalue weighted by Crippen LogP contribution is 2.13. The number of ether oxygens (including phenoxy) is 3. The fourth-order valence-electron chi connectivity index (χ4n) is 6.28. The van der Waals surface area contributed by atoms with Gasteiger partial charge in [-0.2, -0.15) is 0 Å². The molecular weight excluding hydrogens is 745 g/mol. The molecule has 0 aliphatic carbocycles. The number of rotatable bonds is 42. The van der Waals surface area contributed by atoms with Crippen molar-refractivity contribution in [3.8, 4) is 0 Å². The van der Waals surface area contributed by atoms with Crippen LogP contribution >= 0.6 is 0 Å². The molecule has 340 valence electrons. The first kappa shape index (κ1) is 56.3. The maximum absolute atomic E-state index is 12.7. The summed E-state index contributed by atoms with van der Waals surface area (Å²) in [6.07, 6.45) is 62.5. The van der Waals surface area contributed by atoms with Crippen molar-refractivity contribution in [1.29, 1.82) is 0 Å². The molecule has 0 radical (unpaired) electrons. The Labute approximate surface area is 368 Å². The maximum atomic E-state index is 12.7. The number of allylic oxidation sites excluding steroid dienone is 16. The van der Waals surface area contributed by atoms with Gasteiger partial charge in [-0.25, -0.2) is 0 Å². The van der Waals surface area contributed by atoms with Crippen molar-refractivity contribution in [2.75, 3.05) is 13.2 Å². The van der Waals surface area contributed by atoms with Crippen molar-refractivity contribution in [1.82, 2.24) is 0 Å². The van der Waals surface area contributed by atoms with Crippen molar-refractivity contribution >= 4 is 17.9 Å². The molecule has 1 unspecified atom stereocenters. The lowest BCUT2D eigenvalue weighted by atomic mass is 10.1. The molecule has 0 fully saturated rings. The van der Waals surface area contributed by atoms with Crippen LogP contribution in [-0.2, 0) is 28.6 Å². The Balaban J connectivity index is 4.49. The summed E-state index contributed by atoms with van der Waals surface area (Å²) < 4.78 is 16.7. The van der Waals surface area contributed by atoms with Gasteiger partial charge in [-0.05, 0) is 96.3 Å². The van der Waals surface area contributed by atoms with Crippen LogP contribution in [0.1, 0.15) is 207 Å². The Morgan fingerprint density at radius 2 is 0.733 bits per heavy atom. The largest absolute Gasteiger partial charge is 0.462 e. The Morgan fingerprint density at radius 3 is 1.25 bits per heavy atom. The first-order valence-electron chi connectivity index (χ1n) is 24.3. The zero-order valence-electron chi connectivity index (χ0n) is 38.7. The van der Waals surface area contributed by atoms with Gasteiger partial charge >= 0.3 is 17.9 Å². The third-order valence-corrected chi connectivity index (χ3v) is 9.90. The van der Waals surface area contributed by atoms with Crippen LogP contribution in [0.5, 0.6) is 0 Å². The molecule has 0 aromatic heterocycles. The second-order valence-electron chi connectivity index (χ2n) is 15.7. The number of carbonyl (C=O) groups excluding carboxylic acids is 3. The van der Waals surface area contributed by atoms with Crippen molar-refractivity contribution in [2.45, 2.75) is 213 Å². The van der Waals surface area contributed by atoms with Crippen molar-refractivity contribution in [3.05, 3.63) is 97.2 Å². The van der Waals surface area contributed by atoms with E-state index >= 15 is 0 Å². The molecule has 0 saturated heterocycles. The first-order chi connectivity index (χ1) is 29.5. The molecule has 0 aliphatic rings. The second kappa shape index (κ2) is 48.0. The molecule has 0 saturated carbocycles. The quantitative estimate of drug-likeness (QED) is 0.0200. The van der Waals surface area contributed by atoms with E-state index in [0.717, 1.165) is 109 Å². The topological polar surface area (TPSA) is 78.9 Å². The monoisotopic (exact) mass is 833 g/mol. The highest BCUT2D eigenvalue weighted by atomic mass is 16.6. The summed E-state index contributed by atoms with van der Waals surface area (Å²) >= 11 is 0. The van der Waals surface area contributed by atoms with E-state index in [4.69, 9.17) is 14.2 Å². The summed E-state index contributed by atoms with van der Waals surface area (Å²) in [6.45, 7) is 6.30. The van der Waals surface area contributed by atoms with Gasteiger partial charge in [0.15, 0.2) is 6.10 Å². The summed E-state index contributed by atoms with van der Waals surface area (Å²) in [5.74, 6) is -0.981. The predicted molar refractivity (Wildman–Crippen MR) is 256 cm³/mol. The number of unbranched alkanes of at least 4 members (excludes halogenated alkanes) is 18. The fourth-order valence-corrected chi connectivity index (χ4v) is 6.28. The highest BCUT2D eigenvalue weighted by Gasteiger charge is 2.19. The molecule has 0 N–H and O–H groups in total. The minimum atomic E-state index is -0.809. The van der Waals surface area contributed by atoms with Crippen LogP contribution in [0.25, 0.3) is 0 Å². The molecule has 0 rings (SSSR count). The SMILES string of the molecule is CC\C=C/C=C\C=C/C=C\CCCCCC(=O)OC(COC(=O)CCCCC/C=C\CCCCCCCC)COC(=O)CCCCCCCC/C=C\C/C=C\C/C=C\CC. The van der Waals surface area contributed by atoms with E-state index in [1.165, 1.54) is 51.4 Å². The van der Waals surface area contributed by atoms with E-state index < -0.39 is 6.10 Å². The third-order valence-electron chi connectivity index (χ3n) is 9.90. The van der Waals surface area contributed by atoms with Gasteiger partial charge in [0.2, 0.25) is 0 Å². The van der Waals surface area contributed by atoms with Crippen LogP contribution in [-0.4, -0.2) is 37.2 Å². The maximum Gasteiger partial charge on any atom is 0.306 e. The Morgan fingerprint density at radius 1 is 0.367 bits per heavy atom. The number of hydrogen-bond acceptors (Lipinski definition) is 6. The van der Waals surface area contributed by atoms with Crippen molar-refractivity contribution in [3.63, 3.8) is 0 Å². The minimum absolute atomic E-state index is 0.107. The van der Waals surface area contributed by atoms with Crippen molar-refractivity contribution < 1.29 is 28.6 Å². The summed E-state index contributed by atoms with van der Waals surface area (Å²) in [6, 6.07) is 0. The van der Waals surface area contributed by atoms with Crippen LogP contribution in [0, 0.1) is 0 Å². The normalized spacial score (nSPS) is 12.9. The molecule has 0 amide bonds. The summed E-state index contributed by atoms with van der Waals surface area (Å²) in [5.41, 5.74) is 0. The second-order valence-corrected chi connectivity index (χ2v) is 15.7. The molecule has 6 nitrogen and oxygen atoms in total. The van der Waals surface area contributed by atoms with E-state index in [1.807, 2.05) is 36.5 Å². The van der Waals surface area contributed by atoms with Gasteiger partial charge < -0.3 is 14.2 Å². The van der Waals surface area contributed by atoms with Gasteiger partial charge in [0, 0.05) is 19.3 Å². The highest BCUT2D eigenvalue weighted by molar-refractivity contribution is 5.71. The van der Waals surface area contributed by atoms with E-state index in [-0.39, 0.29) is 37.5 Å². The van der Waals surface area contributed by atoms with Gasteiger partial charge in [0.1, 0.15) is 13.2 Å². The Kier molecular flexibility index (Phi) is 45.1. The molecular formula is C54H88O6. The minimum Gasteiger partial charge on any atom is -0.462 e. The molecule has 0 aliphatic heterocycles. The van der Waals surface area contributed by atoms with Crippen LogP contribution in [0.2, 0.25) is 0 Å². The summed E-state index contributed by atoms with van der Waals surface area (Å²) in [5, 5.41) is 0. The van der Waals surface area contributed by atoms with Gasteiger partial charge in [0.05, 0.1) is 0 Å². The molecule has 6 heteroatoms. The average Bonchev–Trinajstić information content (AvgIpc) is 3.24. The lowest BCUT2D eigenvalue weighted by molar-refractivity contribution is -0.167. The molecule has 0 aromatic rings. The fraction of sp³-hybridized carbons (Fsp3) is 0.648. The molecule has 0 bridgehead atoms. The Bertz CT molecular complexity index is 1230. The molecule has 60 heavy (non-hydrogen) atoms. The van der Waals surface area contributed by atoms with E-state index in [1.54, 1.807) is 0 Å². The van der Waals surface area contributed by atoms with Gasteiger partial charge in [-0.3, -0.25) is 14.4 Å². The summed E-state index contributed by atoms with van der Waals surface area (Å²) in [7, 11) is 0. The predicted octanol–water partition coefficient (Wildman–Crippen LogP) is 15.8. The van der Waals surface area contributed by atoms with Crippen LogP contribution < -0.4 is 0 Å². The van der Waals surface area contributed by atoms with E-state index in [2.05, 4.69) is 81.5 Å². The van der Waals surface area contributed by atoms with Crippen LogP contribution in [0.15, 0.2) is 97.2 Å². The first-order valence-corrected chi connectivity index (χ1v) is 24.3.